The Balaban J connectivity index is 1.07. The smallest absolute Gasteiger partial charge is 0.280 e. The molecule has 0 radical (unpaired) electrons. The predicted molar refractivity (Wildman–Crippen MR) is 118 cm³/mol. The van der Waals surface area contributed by atoms with Gasteiger partial charge in [0.1, 0.15) is 12.9 Å². The van der Waals surface area contributed by atoms with Crippen LogP contribution in [0.5, 0.6) is 0 Å². The van der Waals surface area contributed by atoms with Crippen molar-refractivity contribution in [3.63, 3.8) is 0 Å². The Morgan fingerprint density at radius 2 is 2.00 bits per heavy atom. The highest BCUT2D eigenvalue weighted by atomic mass is 32.1. The Kier molecular flexibility index (Phi) is 3.63. The number of thiazole rings is 1. The second-order valence-electron chi connectivity index (χ2n) is 8.51. The molecular formula is C21H18N8O2S. The molecule has 1 aromatic carbocycles. The first-order chi connectivity index (χ1) is 15.7. The molecule has 5 aromatic rings. The molecule has 32 heavy (non-hydrogen) atoms. The van der Waals surface area contributed by atoms with Crippen LogP contribution in [-0.4, -0.2) is 47.3 Å². The van der Waals surface area contributed by atoms with Gasteiger partial charge in [-0.2, -0.15) is 4.98 Å². The fourth-order valence-electron chi connectivity index (χ4n) is 4.96. The lowest BCUT2D eigenvalue weighted by Crippen LogP contribution is -2.23. The molecule has 0 amide bonds. The normalized spacial score (nSPS) is 22.2. The summed E-state index contributed by atoms with van der Waals surface area (Å²) >= 11 is 1.67. The third-order valence-electron chi connectivity index (χ3n) is 6.66. The van der Waals surface area contributed by atoms with Crippen molar-refractivity contribution in [1.29, 1.82) is 0 Å². The van der Waals surface area contributed by atoms with E-state index >= 15 is 0 Å². The molecule has 2 fully saturated rings. The number of fused-ring (bicyclic) bond motifs is 3. The van der Waals surface area contributed by atoms with E-state index in [2.05, 4.69) is 48.2 Å². The van der Waals surface area contributed by atoms with Crippen molar-refractivity contribution < 1.29 is 4.52 Å². The van der Waals surface area contributed by atoms with Gasteiger partial charge in [0, 0.05) is 31.7 Å². The van der Waals surface area contributed by atoms with Crippen molar-refractivity contribution in [2.75, 3.05) is 18.0 Å². The molecule has 0 unspecified atom stereocenters. The first-order valence-electron chi connectivity index (χ1n) is 10.4. The quantitative estimate of drug-likeness (QED) is 0.413. The average molecular weight is 446 g/mol. The van der Waals surface area contributed by atoms with Crippen molar-refractivity contribution >= 4 is 38.4 Å². The maximum absolute atomic E-state index is 12.7. The van der Waals surface area contributed by atoms with Gasteiger partial charge in [-0.15, -0.1) is 11.3 Å². The minimum Gasteiger partial charge on any atom is -0.371 e. The summed E-state index contributed by atoms with van der Waals surface area (Å²) in [5.41, 5.74) is 4.91. The van der Waals surface area contributed by atoms with Crippen LogP contribution >= 0.6 is 11.3 Å². The fraction of sp³-hybridized carbons (Fsp3) is 0.333. The largest absolute Gasteiger partial charge is 0.371 e. The Morgan fingerprint density at radius 3 is 2.88 bits per heavy atom. The number of anilines is 1. The highest BCUT2D eigenvalue weighted by Gasteiger charge is 2.58. The van der Waals surface area contributed by atoms with E-state index in [0.717, 1.165) is 24.4 Å². The zero-order chi connectivity index (χ0) is 21.4. The van der Waals surface area contributed by atoms with Gasteiger partial charge >= 0.3 is 0 Å². The van der Waals surface area contributed by atoms with Crippen LogP contribution in [0.4, 0.5) is 5.69 Å². The molecule has 0 bridgehead atoms. The Labute approximate surface area is 185 Å². The molecule has 2 aliphatic rings. The number of nitrogens with zero attached hydrogens (tertiary/aromatic N) is 8. The molecule has 1 saturated heterocycles. The second-order valence-corrected chi connectivity index (χ2v) is 9.40. The van der Waals surface area contributed by atoms with Crippen LogP contribution < -0.4 is 10.5 Å². The second kappa shape index (κ2) is 6.45. The van der Waals surface area contributed by atoms with Gasteiger partial charge in [-0.3, -0.25) is 9.36 Å². The Hall–Kier alpha value is -3.60. The summed E-state index contributed by atoms with van der Waals surface area (Å²) in [5, 5.41) is 4.22. The van der Waals surface area contributed by atoms with Crippen LogP contribution in [-0.2, 0) is 13.6 Å². The molecule has 160 valence electrons. The number of aryl methyl sites for hydroxylation is 1. The van der Waals surface area contributed by atoms with Crippen LogP contribution in [0.1, 0.15) is 17.6 Å². The van der Waals surface area contributed by atoms with Gasteiger partial charge in [-0.1, -0.05) is 5.16 Å². The summed E-state index contributed by atoms with van der Waals surface area (Å²) in [6, 6.07) is 6.47. The molecular weight excluding hydrogens is 428 g/mol. The zero-order valence-corrected chi connectivity index (χ0v) is 17.9. The molecule has 10 nitrogen and oxygen atoms in total. The highest BCUT2D eigenvalue weighted by molar-refractivity contribution is 7.16. The lowest BCUT2D eigenvalue weighted by atomic mass is 10.2. The van der Waals surface area contributed by atoms with E-state index in [-0.39, 0.29) is 12.1 Å². The number of benzene rings is 1. The number of hydrogen-bond acceptors (Lipinski definition) is 9. The van der Waals surface area contributed by atoms with E-state index in [1.165, 1.54) is 21.3 Å². The fourth-order valence-corrected chi connectivity index (χ4v) is 5.67. The SMILES string of the molecule is Cn1cnc2ncn(Cc3nc([C@@H]4[C@@H]5CN(c6ccc7ncsc7c6)C[C@@H]54)no3)c(=O)c21. The number of rotatable bonds is 4. The van der Waals surface area contributed by atoms with E-state index in [1.54, 1.807) is 29.3 Å². The molecule has 7 rings (SSSR count). The predicted octanol–water partition coefficient (Wildman–Crippen LogP) is 2.02. The van der Waals surface area contributed by atoms with Crippen molar-refractivity contribution in [3.05, 3.63) is 58.4 Å². The topological polar surface area (TPSA) is 108 Å². The van der Waals surface area contributed by atoms with Gasteiger partial charge in [-0.25, -0.2) is 15.0 Å². The summed E-state index contributed by atoms with van der Waals surface area (Å²) in [6.45, 7) is 2.18. The van der Waals surface area contributed by atoms with Gasteiger partial charge in [-0.05, 0) is 30.0 Å². The maximum atomic E-state index is 12.7. The number of piperidine rings is 1. The molecule has 0 spiro atoms. The molecule has 4 aromatic heterocycles. The molecule has 11 heteroatoms. The van der Waals surface area contributed by atoms with Gasteiger partial charge in [0.2, 0.25) is 5.89 Å². The summed E-state index contributed by atoms with van der Waals surface area (Å²) in [5.74, 6) is 2.56. The third-order valence-corrected chi connectivity index (χ3v) is 7.45. The summed E-state index contributed by atoms with van der Waals surface area (Å²) < 4.78 is 9.84. The van der Waals surface area contributed by atoms with Crippen molar-refractivity contribution in [2.45, 2.75) is 12.5 Å². The lowest BCUT2D eigenvalue weighted by Gasteiger charge is -2.21. The number of imidazole rings is 1. The van der Waals surface area contributed by atoms with E-state index in [9.17, 15) is 4.79 Å². The number of aromatic nitrogens is 7. The standard InChI is InChI=1S/C21H18N8O2S/c1-27-8-22-20-18(27)21(30)29(9-23-20)7-16-25-19(26-31-16)17-12-5-28(6-13(12)17)11-2-3-14-15(4-11)32-10-24-14/h2-4,8-10,12-13,17H,5-7H2,1H3/t12-,13+,17-. The number of hydrogen-bond donors (Lipinski definition) is 0. The van der Waals surface area contributed by atoms with Crippen LogP contribution in [0, 0.1) is 11.8 Å². The van der Waals surface area contributed by atoms with Gasteiger partial charge in [0.25, 0.3) is 5.56 Å². The summed E-state index contributed by atoms with van der Waals surface area (Å²) in [6.07, 6.45) is 3.06. The van der Waals surface area contributed by atoms with Gasteiger partial charge < -0.3 is 14.0 Å². The van der Waals surface area contributed by atoms with Crippen LogP contribution in [0.2, 0.25) is 0 Å². The molecule has 3 atom stereocenters. The van der Waals surface area contributed by atoms with Crippen molar-refractivity contribution in [3.8, 4) is 0 Å². The lowest BCUT2D eigenvalue weighted by molar-refractivity contribution is 0.363. The van der Waals surface area contributed by atoms with Crippen LogP contribution in [0.3, 0.4) is 0 Å². The molecule has 1 aliphatic carbocycles. The van der Waals surface area contributed by atoms with Gasteiger partial charge in [0.15, 0.2) is 17.0 Å². The average Bonchev–Trinajstić information content (AvgIpc) is 3.38. The maximum Gasteiger partial charge on any atom is 0.280 e. The summed E-state index contributed by atoms with van der Waals surface area (Å²) in [4.78, 5) is 32.5. The van der Waals surface area contributed by atoms with E-state index in [4.69, 9.17) is 4.52 Å². The monoisotopic (exact) mass is 446 g/mol. The first kappa shape index (κ1) is 18.0. The minimum absolute atomic E-state index is 0.174. The Morgan fingerprint density at radius 1 is 1.16 bits per heavy atom. The van der Waals surface area contributed by atoms with Crippen LogP contribution in [0.25, 0.3) is 21.4 Å². The summed E-state index contributed by atoms with van der Waals surface area (Å²) in [7, 11) is 1.78. The molecule has 5 heterocycles. The molecule has 0 N–H and O–H groups in total. The highest BCUT2D eigenvalue weighted by Crippen LogP contribution is 2.58. The van der Waals surface area contributed by atoms with E-state index in [0.29, 0.717) is 34.8 Å². The molecule has 1 saturated carbocycles. The van der Waals surface area contributed by atoms with E-state index in [1.807, 2.05) is 5.51 Å². The first-order valence-corrected chi connectivity index (χ1v) is 11.3. The van der Waals surface area contributed by atoms with Gasteiger partial charge in [0.05, 0.1) is 22.1 Å². The van der Waals surface area contributed by atoms with Crippen LogP contribution in [0.15, 0.2) is 45.7 Å². The third kappa shape index (κ3) is 2.63. The molecule has 1 aliphatic heterocycles. The van der Waals surface area contributed by atoms with Crippen molar-refractivity contribution in [1.82, 2.24) is 34.2 Å². The zero-order valence-electron chi connectivity index (χ0n) is 17.1. The Bertz CT molecular complexity index is 1540. The van der Waals surface area contributed by atoms with Crippen molar-refractivity contribution in [2.24, 2.45) is 18.9 Å². The minimum atomic E-state index is -0.174. The van der Waals surface area contributed by atoms with E-state index < -0.39 is 0 Å².